The van der Waals surface area contributed by atoms with E-state index in [4.69, 9.17) is 9.47 Å². The van der Waals surface area contributed by atoms with Crippen LogP contribution < -0.4 is 14.8 Å². The maximum atomic E-state index is 12.5. The molecule has 31 heavy (non-hydrogen) atoms. The van der Waals surface area contributed by atoms with E-state index in [2.05, 4.69) is 39.6 Å². The van der Waals surface area contributed by atoms with Crippen LogP contribution in [0.4, 0.5) is 5.69 Å². The zero-order valence-corrected chi connectivity index (χ0v) is 18.5. The quantitative estimate of drug-likeness (QED) is 0.436. The van der Waals surface area contributed by atoms with Gasteiger partial charge in [-0.1, -0.05) is 41.6 Å². The van der Waals surface area contributed by atoms with E-state index in [9.17, 15) is 4.79 Å². The highest BCUT2D eigenvalue weighted by atomic mass is 32.2. The predicted octanol–water partition coefficient (Wildman–Crippen LogP) is 4.83. The van der Waals surface area contributed by atoms with Crippen molar-refractivity contribution in [2.45, 2.75) is 18.9 Å². The van der Waals surface area contributed by atoms with Crippen LogP contribution in [0, 0.1) is 13.8 Å². The van der Waals surface area contributed by atoms with Crippen LogP contribution in [-0.4, -0.2) is 33.6 Å². The molecule has 0 bridgehead atoms. The number of thiazole rings is 1. The molecule has 0 spiro atoms. The number of ether oxygens (including phenoxy) is 2. The first-order valence-electron chi connectivity index (χ1n) is 9.60. The molecule has 0 fully saturated rings. The van der Waals surface area contributed by atoms with Gasteiger partial charge >= 0.3 is 0 Å². The summed E-state index contributed by atoms with van der Waals surface area (Å²) in [5, 5.41) is 13.3. The molecule has 0 saturated carbocycles. The number of hydrogen-bond donors (Lipinski definition) is 1. The zero-order chi connectivity index (χ0) is 21.4. The van der Waals surface area contributed by atoms with Gasteiger partial charge in [0.1, 0.15) is 16.2 Å². The number of benzene rings is 2. The lowest BCUT2D eigenvalue weighted by Crippen LogP contribution is -2.14. The summed E-state index contributed by atoms with van der Waals surface area (Å²) >= 11 is 2.91. The van der Waals surface area contributed by atoms with Crippen molar-refractivity contribution in [3.05, 3.63) is 53.0 Å². The molecule has 1 amide bonds. The van der Waals surface area contributed by atoms with Crippen LogP contribution in [0.15, 0.2) is 47.5 Å². The molecule has 9 heteroatoms. The summed E-state index contributed by atoms with van der Waals surface area (Å²) in [6.07, 6.45) is 0. The fourth-order valence-corrected chi connectivity index (χ4v) is 4.94. The van der Waals surface area contributed by atoms with E-state index in [0.29, 0.717) is 22.2 Å². The van der Waals surface area contributed by atoms with E-state index in [1.807, 2.05) is 19.1 Å². The molecule has 2 aromatic carbocycles. The van der Waals surface area contributed by atoms with Crippen molar-refractivity contribution in [1.29, 1.82) is 0 Å². The zero-order valence-electron chi connectivity index (χ0n) is 16.8. The molecular formula is C22H18N4O3S2. The average Bonchev–Trinajstić information content (AvgIpc) is 3.38. The van der Waals surface area contributed by atoms with Crippen molar-refractivity contribution < 1.29 is 14.3 Å². The Morgan fingerprint density at radius 3 is 2.74 bits per heavy atom. The molecule has 0 atom stereocenters. The van der Waals surface area contributed by atoms with Crippen molar-refractivity contribution in [2.75, 3.05) is 17.9 Å². The summed E-state index contributed by atoms with van der Waals surface area (Å²) in [6, 6.07) is 13.5. The van der Waals surface area contributed by atoms with Crippen molar-refractivity contribution in [1.82, 2.24) is 15.2 Å². The molecular weight excluding hydrogens is 432 g/mol. The molecule has 3 heterocycles. The van der Waals surface area contributed by atoms with Gasteiger partial charge < -0.3 is 14.8 Å². The maximum absolute atomic E-state index is 12.5. The molecule has 2 aromatic heterocycles. The normalized spacial score (nSPS) is 12.3. The Bertz CT molecular complexity index is 1290. The van der Waals surface area contributed by atoms with Gasteiger partial charge in [-0.05, 0) is 26.0 Å². The fourth-order valence-electron chi connectivity index (χ4n) is 3.22. The van der Waals surface area contributed by atoms with Crippen LogP contribution in [0.5, 0.6) is 11.5 Å². The maximum Gasteiger partial charge on any atom is 0.234 e. The van der Waals surface area contributed by atoms with E-state index >= 15 is 0 Å². The first kappa shape index (κ1) is 19.8. The lowest BCUT2D eigenvalue weighted by atomic mass is 10.1. The van der Waals surface area contributed by atoms with Gasteiger partial charge in [-0.2, -0.15) is 0 Å². The number of aryl methyl sites for hydroxylation is 2. The third-order valence-corrected chi connectivity index (χ3v) is 6.65. The third-order valence-electron chi connectivity index (χ3n) is 4.71. The van der Waals surface area contributed by atoms with Crippen LogP contribution in [0.3, 0.4) is 0 Å². The lowest BCUT2D eigenvalue weighted by molar-refractivity contribution is -0.113. The summed E-state index contributed by atoms with van der Waals surface area (Å²) in [4.78, 5) is 17.1. The van der Waals surface area contributed by atoms with Gasteiger partial charge in [0.05, 0.1) is 15.5 Å². The number of amides is 1. The first-order valence-corrected chi connectivity index (χ1v) is 11.4. The van der Waals surface area contributed by atoms with Gasteiger partial charge in [0.2, 0.25) is 12.7 Å². The third kappa shape index (κ3) is 4.06. The molecule has 1 aliphatic heterocycles. The SMILES string of the molecule is Cc1ccc(-c2nnc(SCC(=O)Nc3ccc4c(c3)OCO4)c3nc(C)sc23)cc1. The first-order chi connectivity index (χ1) is 15.1. The predicted molar refractivity (Wildman–Crippen MR) is 122 cm³/mol. The molecule has 1 N–H and O–H groups in total. The highest BCUT2D eigenvalue weighted by Gasteiger charge is 2.18. The van der Waals surface area contributed by atoms with Crippen LogP contribution in [0.1, 0.15) is 10.6 Å². The van der Waals surface area contributed by atoms with Crippen LogP contribution in [0.25, 0.3) is 21.5 Å². The molecule has 1 aliphatic rings. The van der Waals surface area contributed by atoms with Crippen molar-refractivity contribution in [2.24, 2.45) is 0 Å². The molecule has 4 aromatic rings. The second-order valence-corrected chi connectivity index (χ2v) is 9.20. The van der Waals surface area contributed by atoms with E-state index in [1.54, 1.807) is 29.5 Å². The monoisotopic (exact) mass is 450 g/mol. The minimum absolute atomic E-state index is 0.145. The second-order valence-electron chi connectivity index (χ2n) is 7.04. The van der Waals surface area contributed by atoms with Crippen molar-refractivity contribution >= 4 is 44.9 Å². The number of anilines is 1. The highest BCUT2D eigenvalue weighted by molar-refractivity contribution is 8.00. The molecule has 0 saturated heterocycles. The molecule has 0 unspecified atom stereocenters. The number of aromatic nitrogens is 3. The molecule has 156 valence electrons. The Kier molecular flexibility index (Phi) is 5.21. The number of thioether (sulfide) groups is 1. The van der Waals surface area contributed by atoms with Gasteiger partial charge in [0.25, 0.3) is 0 Å². The van der Waals surface area contributed by atoms with Crippen molar-refractivity contribution in [3.8, 4) is 22.8 Å². The molecule has 5 rings (SSSR count). The van der Waals surface area contributed by atoms with Gasteiger partial charge in [-0.3, -0.25) is 4.79 Å². The highest BCUT2D eigenvalue weighted by Crippen LogP contribution is 2.36. The number of nitrogens with zero attached hydrogens (tertiary/aromatic N) is 3. The van der Waals surface area contributed by atoms with E-state index < -0.39 is 0 Å². The minimum atomic E-state index is -0.145. The number of nitrogens with one attached hydrogen (secondary N) is 1. The standard InChI is InChI=1S/C22H18N4O3S2/c1-12-3-5-14(6-4-12)19-21-20(23-13(2)31-21)22(26-25-19)30-10-18(27)24-15-7-8-16-17(9-15)29-11-28-16/h3-9H,10-11H2,1-2H3,(H,24,27). The van der Waals surface area contributed by atoms with Gasteiger partial charge in [-0.25, -0.2) is 4.98 Å². The van der Waals surface area contributed by atoms with Crippen LogP contribution in [0.2, 0.25) is 0 Å². The smallest absolute Gasteiger partial charge is 0.234 e. The van der Waals surface area contributed by atoms with E-state index in [0.717, 1.165) is 26.5 Å². The molecule has 0 aliphatic carbocycles. The fraction of sp³-hybridized carbons (Fsp3) is 0.182. The largest absolute Gasteiger partial charge is 0.454 e. The summed E-state index contributed by atoms with van der Waals surface area (Å²) in [6.45, 7) is 4.21. The Hall–Kier alpha value is -3.17. The number of carbonyl (C=O) groups is 1. The number of hydrogen-bond acceptors (Lipinski definition) is 8. The number of rotatable bonds is 5. The van der Waals surface area contributed by atoms with E-state index in [-0.39, 0.29) is 18.5 Å². The Morgan fingerprint density at radius 1 is 1.10 bits per heavy atom. The van der Waals surface area contributed by atoms with Gasteiger partial charge in [0.15, 0.2) is 11.5 Å². The minimum Gasteiger partial charge on any atom is -0.454 e. The number of fused-ring (bicyclic) bond motifs is 2. The topological polar surface area (TPSA) is 86.2 Å². The Labute approximate surface area is 186 Å². The van der Waals surface area contributed by atoms with Gasteiger partial charge in [0, 0.05) is 17.3 Å². The summed E-state index contributed by atoms with van der Waals surface area (Å²) in [5.41, 5.74) is 4.45. The van der Waals surface area contributed by atoms with Crippen LogP contribution in [-0.2, 0) is 4.79 Å². The van der Waals surface area contributed by atoms with Crippen molar-refractivity contribution in [3.63, 3.8) is 0 Å². The molecule has 0 radical (unpaired) electrons. The van der Waals surface area contributed by atoms with Gasteiger partial charge in [-0.15, -0.1) is 21.5 Å². The Balaban J connectivity index is 1.34. The average molecular weight is 451 g/mol. The molecule has 7 nitrogen and oxygen atoms in total. The summed E-state index contributed by atoms with van der Waals surface area (Å²) in [7, 11) is 0. The lowest BCUT2D eigenvalue weighted by Gasteiger charge is -2.07. The number of carbonyl (C=O) groups excluding carboxylic acids is 1. The summed E-state index contributed by atoms with van der Waals surface area (Å²) < 4.78 is 11.6. The van der Waals surface area contributed by atoms with Crippen LogP contribution >= 0.6 is 23.1 Å². The summed E-state index contributed by atoms with van der Waals surface area (Å²) in [5.74, 6) is 1.35. The second kappa shape index (κ2) is 8.16. The van der Waals surface area contributed by atoms with E-state index in [1.165, 1.54) is 17.3 Å². The Morgan fingerprint density at radius 2 is 1.90 bits per heavy atom.